The summed E-state index contributed by atoms with van der Waals surface area (Å²) in [5.41, 5.74) is 6.78. The van der Waals surface area contributed by atoms with E-state index in [4.69, 9.17) is 5.73 Å². The van der Waals surface area contributed by atoms with Crippen LogP contribution >= 0.6 is 0 Å². The first kappa shape index (κ1) is 10.9. The van der Waals surface area contributed by atoms with Crippen LogP contribution in [0, 0.1) is 0 Å². The maximum atomic E-state index is 12.3. The molecule has 2 aromatic carbocycles. The Kier molecular flexibility index (Phi) is 3.06. The highest BCUT2D eigenvalue weighted by molar-refractivity contribution is 5.91. The minimum Gasteiger partial charge on any atom is -0.507 e. The third kappa shape index (κ3) is 1.86. The van der Waals surface area contributed by atoms with Crippen molar-refractivity contribution in [3.05, 3.63) is 42.0 Å². The number of nitrogens with two attached hydrogens (primary N) is 1. The molecule has 0 amide bonds. The van der Waals surface area contributed by atoms with Crippen LogP contribution < -0.4 is 5.73 Å². The van der Waals surface area contributed by atoms with Gasteiger partial charge in [-0.05, 0) is 23.4 Å². The SMILES string of the molecule is N[C@@H](CCF)c1ccc(O)c2ccccc12. The van der Waals surface area contributed by atoms with Gasteiger partial charge in [0, 0.05) is 11.4 Å². The van der Waals surface area contributed by atoms with Gasteiger partial charge in [-0.1, -0.05) is 30.3 Å². The fourth-order valence-electron chi connectivity index (χ4n) is 1.90. The van der Waals surface area contributed by atoms with Crippen molar-refractivity contribution in [1.82, 2.24) is 0 Å². The molecule has 2 nitrogen and oxygen atoms in total. The van der Waals surface area contributed by atoms with Crippen molar-refractivity contribution < 1.29 is 9.50 Å². The maximum absolute atomic E-state index is 12.3. The number of alkyl halides is 1. The molecule has 0 spiro atoms. The molecule has 0 aromatic heterocycles. The number of phenols is 1. The lowest BCUT2D eigenvalue weighted by molar-refractivity contribution is 0.442. The highest BCUT2D eigenvalue weighted by atomic mass is 19.1. The van der Waals surface area contributed by atoms with Crippen molar-refractivity contribution in [2.75, 3.05) is 6.67 Å². The van der Waals surface area contributed by atoms with Crippen molar-refractivity contribution in [2.45, 2.75) is 12.5 Å². The second-order valence-electron chi connectivity index (χ2n) is 3.80. The van der Waals surface area contributed by atoms with Crippen molar-refractivity contribution in [3.63, 3.8) is 0 Å². The second-order valence-corrected chi connectivity index (χ2v) is 3.80. The standard InChI is InChI=1S/C13H14FNO/c14-8-7-12(15)10-5-6-13(16)11-4-2-1-3-9(10)11/h1-6,12,16H,7-8,15H2/t12-/m0/s1. The van der Waals surface area contributed by atoms with Gasteiger partial charge < -0.3 is 10.8 Å². The van der Waals surface area contributed by atoms with Crippen LogP contribution in [0.4, 0.5) is 4.39 Å². The number of rotatable bonds is 3. The smallest absolute Gasteiger partial charge is 0.123 e. The largest absolute Gasteiger partial charge is 0.507 e. The minimum absolute atomic E-state index is 0.229. The average Bonchev–Trinajstić information content (AvgIpc) is 2.30. The molecule has 0 heterocycles. The van der Waals surface area contributed by atoms with Crippen LogP contribution in [0.25, 0.3) is 10.8 Å². The fourth-order valence-corrected chi connectivity index (χ4v) is 1.90. The van der Waals surface area contributed by atoms with Gasteiger partial charge in [0.15, 0.2) is 0 Å². The van der Waals surface area contributed by atoms with Crippen LogP contribution in [0.2, 0.25) is 0 Å². The van der Waals surface area contributed by atoms with E-state index in [9.17, 15) is 9.50 Å². The van der Waals surface area contributed by atoms with Crippen molar-refractivity contribution in [1.29, 1.82) is 0 Å². The molecule has 0 saturated carbocycles. The Morgan fingerprint density at radius 1 is 1.12 bits per heavy atom. The summed E-state index contributed by atoms with van der Waals surface area (Å²) in [6.45, 7) is -0.434. The maximum Gasteiger partial charge on any atom is 0.123 e. The van der Waals surface area contributed by atoms with E-state index in [2.05, 4.69) is 0 Å². The molecule has 0 unspecified atom stereocenters. The van der Waals surface area contributed by atoms with Gasteiger partial charge in [-0.15, -0.1) is 0 Å². The van der Waals surface area contributed by atoms with E-state index < -0.39 is 6.67 Å². The van der Waals surface area contributed by atoms with E-state index in [-0.39, 0.29) is 11.8 Å². The van der Waals surface area contributed by atoms with Crippen LogP contribution in [-0.4, -0.2) is 11.8 Å². The number of aromatic hydroxyl groups is 1. The Labute approximate surface area is 93.5 Å². The lowest BCUT2D eigenvalue weighted by Gasteiger charge is -2.13. The van der Waals surface area contributed by atoms with Gasteiger partial charge in [-0.3, -0.25) is 4.39 Å². The number of phenolic OH excluding ortho intramolecular Hbond substituents is 1. The zero-order chi connectivity index (χ0) is 11.5. The van der Waals surface area contributed by atoms with E-state index in [1.165, 1.54) is 0 Å². The lowest BCUT2D eigenvalue weighted by Crippen LogP contribution is -2.11. The first-order chi connectivity index (χ1) is 7.74. The molecule has 3 N–H and O–H groups in total. The quantitative estimate of drug-likeness (QED) is 0.833. The molecule has 16 heavy (non-hydrogen) atoms. The highest BCUT2D eigenvalue weighted by Crippen LogP contribution is 2.30. The summed E-state index contributed by atoms with van der Waals surface area (Å²) < 4.78 is 12.3. The van der Waals surface area contributed by atoms with Crippen molar-refractivity contribution in [3.8, 4) is 5.75 Å². The molecule has 0 radical (unpaired) electrons. The molecular formula is C13H14FNO. The number of halogens is 1. The monoisotopic (exact) mass is 219 g/mol. The Morgan fingerprint density at radius 3 is 2.50 bits per heavy atom. The molecule has 84 valence electrons. The molecule has 0 bridgehead atoms. The van der Waals surface area contributed by atoms with Gasteiger partial charge in [-0.2, -0.15) is 0 Å². The number of fused-ring (bicyclic) bond motifs is 1. The molecule has 1 atom stereocenters. The first-order valence-corrected chi connectivity index (χ1v) is 5.26. The number of benzene rings is 2. The predicted molar refractivity (Wildman–Crippen MR) is 63.1 cm³/mol. The second kappa shape index (κ2) is 4.49. The lowest BCUT2D eigenvalue weighted by atomic mass is 9.97. The Bertz CT molecular complexity index is 498. The molecule has 0 aliphatic carbocycles. The predicted octanol–water partition coefficient (Wildman–Crippen LogP) is 2.90. The highest BCUT2D eigenvalue weighted by Gasteiger charge is 2.11. The molecule has 0 aliphatic rings. The summed E-state index contributed by atoms with van der Waals surface area (Å²) in [4.78, 5) is 0. The van der Waals surface area contributed by atoms with Crippen LogP contribution in [0.15, 0.2) is 36.4 Å². The van der Waals surface area contributed by atoms with Gasteiger partial charge in [-0.25, -0.2) is 0 Å². The third-order valence-corrected chi connectivity index (χ3v) is 2.75. The van der Waals surface area contributed by atoms with Gasteiger partial charge >= 0.3 is 0 Å². The van der Waals surface area contributed by atoms with Gasteiger partial charge in [0.2, 0.25) is 0 Å². The molecule has 2 rings (SSSR count). The van der Waals surface area contributed by atoms with Gasteiger partial charge in [0.05, 0.1) is 6.67 Å². The normalized spacial score (nSPS) is 12.9. The molecule has 0 aliphatic heterocycles. The zero-order valence-corrected chi connectivity index (χ0v) is 8.86. The molecule has 2 aromatic rings. The summed E-state index contributed by atoms with van der Waals surface area (Å²) in [7, 11) is 0. The summed E-state index contributed by atoms with van der Waals surface area (Å²) in [6, 6.07) is 10.5. The molecule has 3 heteroatoms. The number of hydrogen-bond acceptors (Lipinski definition) is 2. The van der Waals surface area contributed by atoms with E-state index in [0.29, 0.717) is 6.42 Å². The van der Waals surface area contributed by atoms with E-state index in [1.807, 2.05) is 24.3 Å². The van der Waals surface area contributed by atoms with Gasteiger partial charge in [0.1, 0.15) is 5.75 Å². The Hall–Kier alpha value is -1.61. The molecule has 0 fully saturated rings. The molecule has 0 saturated heterocycles. The van der Waals surface area contributed by atoms with Crippen LogP contribution in [0.1, 0.15) is 18.0 Å². The van der Waals surface area contributed by atoms with Crippen LogP contribution in [0.5, 0.6) is 5.75 Å². The summed E-state index contributed by atoms with van der Waals surface area (Å²) in [5.74, 6) is 0.229. The fraction of sp³-hybridized carbons (Fsp3) is 0.231. The van der Waals surface area contributed by atoms with Crippen LogP contribution in [-0.2, 0) is 0 Å². The zero-order valence-electron chi connectivity index (χ0n) is 8.86. The topological polar surface area (TPSA) is 46.2 Å². The number of hydrogen-bond donors (Lipinski definition) is 2. The van der Waals surface area contributed by atoms with Gasteiger partial charge in [0.25, 0.3) is 0 Å². The minimum atomic E-state index is -0.434. The van der Waals surface area contributed by atoms with E-state index >= 15 is 0 Å². The average molecular weight is 219 g/mol. The van der Waals surface area contributed by atoms with E-state index in [0.717, 1.165) is 16.3 Å². The first-order valence-electron chi connectivity index (χ1n) is 5.26. The van der Waals surface area contributed by atoms with Crippen molar-refractivity contribution in [2.24, 2.45) is 5.73 Å². The molecular weight excluding hydrogens is 205 g/mol. The Balaban J connectivity index is 2.58. The van der Waals surface area contributed by atoms with E-state index in [1.54, 1.807) is 12.1 Å². The Morgan fingerprint density at radius 2 is 1.81 bits per heavy atom. The summed E-state index contributed by atoms with van der Waals surface area (Å²) >= 11 is 0. The summed E-state index contributed by atoms with van der Waals surface area (Å²) in [6.07, 6.45) is 0.300. The van der Waals surface area contributed by atoms with Crippen molar-refractivity contribution >= 4 is 10.8 Å². The third-order valence-electron chi connectivity index (χ3n) is 2.75. The van der Waals surface area contributed by atoms with Crippen LogP contribution in [0.3, 0.4) is 0 Å². The summed E-state index contributed by atoms with van der Waals surface area (Å²) in [5, 5.41) is 11.3.